The van der Waals surface area contributed by atoms with Crippen molar-refractivity contribution in [1.82, 2.24) is 9.58 Å². The van der Waals surface area contributed by atoms with E-state index in [2.05, 4.69) is 5.43 Å². The van der Waals surface area contributed by atoms with Crippen LogP contribution in [0.25, 0.3) is 0 Å². The molecule has 4 heterocycles. The summed E-state index contributed by atoms with van der Waals surface area (Å²) in [6, 6.07) is 1.21. The third-order valence-corrected chi connectivity index (χ3v) is 4.27. The van der Waals surface area contributed by atoms with Gasteiger partial charge in [0, 0.05) is 25.2 Å². The van der Waals surface area contributed by atoms with Crippen LogP contribution in [0.5, 0.6) is 5.75 Å². The molecule has 0 unspecified atom stereocenters. The number of pyridine rings is 1. The third-order valence-electron chi connectivity index (χ3n) is 4.27. The lowest BCUT2D eigenvalue weighted by atomic mass is 10.2. The van der Waals surface area contributed by atoms with Crippen molar-refractivity contribution in [3.05, 3.63) is 28.2 Å². The minimum absolute atomic E-state index is 0.0368. The summed E-state index contributed by atoms with van der Waals surface area (Å²) in [5.74, 6) is -0.759. The minimum atomic E-state index is -1.03. The zero-order valence-corrected chi connectivity index (χ0v) is 13.3. The maximum absolute atomic E-state index is 12.8. The zero-order valence-electron chi connectivity index (χ0n) is 13.3. The molecule has 3 aliphatic heterocycles. The Morgan fingerprint density at radius 3 is 2.88 bits per heavy atom. The van der Waals surface area contributed by atoms with E-state index in [1.165, 1.54) is 16.9 Å². The lowest BCUT2D eigenvalue weighted by Gasteiger charge is -2.41. The van der Waals surface area contributed by atoms with Crippen molar-refractivity contribution in [1.29, 1.82) is 0 Å². The molecular formula is C15H17N3O7. The van der Waals surface area contributed by atoms with E-state index in [0.717, 1.165) is 0 Å². The highest BCUT2D eigenvalue weighted by Crippen LogP contribution is 2.23. The molecule has 2 saturated heterocycles. The molecule has 0 bridgehead atoms. The molecule has 25 heavy (non-hydrogen) atoms. The fraction of sp³-hybridized carbons (Fsp3) is 0.533. The molecule has 0 radical (unpaired) electrons. The summed E-state index contributed by atoms with van der Waals surface area (Å²) in [4.78, 5) is 38.5. The Morgan fingerprint density at radius 1 is 1.24 bits per heavy atom. The van der Waals surface area contributed by atoms with Crippen LogP contribution in [0.15, 0.2) is 17.1 Å². The Balaban J connectivity index is 1.61. The summed E-state index contributed by atoms with van der Waals surface area (Å²) in [5, 5.41) is 0. The van der Waals surface area contributed by atoms with Gasteiger partial charge in [0.15, 0.2) is 5.69 Å². The number of aromatic nitrogens is 1. The van der Waals surface area contributed by atoms with Crippen molar-refractivity contribution < 1.29 is 28.5 Å². The Kier molecular flexibility index (Phi) is 4.06. The van der Waals surface area contributed by atoms with E-state index in [-0.39, 0.29) is 24.2 Å². The van der Waals surface area contributed by atoms with E-state index in [9.17, 15) is 14.4 Å². The first-order valence-corrected chi connectivity index (χ1v) is 8.00. The number of nitrogens with zero attached hydrogens (tertiary/aromatic N) is 2. The van der Waals surface area contributed by atoms with Gasteiger partial charge in [-0.2, -0.15) is 0 Å². The number of amides is 1. The summed E-state index contributed by atoms with van der Waals surface area (Å²) < 4.78 is 22.0. The highest BCUT2D eigenvalue weighted by Gasteiger charge is 2.37. The van der Waals surface area contributed by atoms with Gasteiger partial charge in [0.2, 0.25) is 11.2 Å². The van der Waals surface area contributed by atoms with Crippen molar-refractivity contribution in [2.75, 3.05) is 38.4 Å². The van der Waals surface area contributed by atoms with Crippen LogP contribution in [0.4, 0.5) is 4.79 Å². The number of ether oxygens (including phenoxy) is 4. The molecule has 0 aromatic carbocycles. The van der Waals surface area contributed by atoms with Gasteiger partial charge in [0.05, 0.1) is 26.4 Å². The second-order valence-corrected chi connectivity index (χ2v) is 5.90. The standard InChI is InChI=1S/C15H17N3O7/c19-10-1-3-18-12(14(20)17-4-6-23-8-11(17)16-18)13(10)25-15(21)24-9-2-5-22-7-9/h1,3,9,11,16H,2,4-8H2/t9-,11+/m1/s1. The number of hydrogen-bond donors (Lipinski definition) is 1. The molecule has 2 atom stereocenters. The first-order chi connectivity index (χ1) is 12.1. The topological polar surface area (TPSA) is 108 Å². The van der Waals surface area contributed by atoms with E-state index in [4.69, 9.17) is 18.9 Å². The van der Waals surface area contributed by atoms with E-state index >= 15 is 0 Å². The fourth-order valence-corrected chi connectivity index (χ4v) is 3.02. The molecule has 4 rings (SSSR count). The Labute approximate surface area is 142 Å². The second-order valence-electron chi connectivity index (χ2n) is 5.90. The van der Waals surface area contributed by atoms with Crippen LogP contribution >= 0.6 is 0 Å². The summed E-state index contributed by atoms with van der Waals surface area (Å²) in [6.07, 6.45) is 0.207. The molecule has 134 valence electrons. The molecule has 2 fully saturated rings. The first kappa shape index (κ1) is 15.9. The second kappa shape index (κ2) is 6.37. The van der Waals surface area contributed by atoms with Crippen molar-refractivity contribution in [2.45, 2.75) is 18.7 Å². The van der Waals surface area contributed by atoms with Gasteiger partial charge in [0.1, 0.15) is 12.3 Å². The van der Waals surface area contributed by atoms with Gasteiger partial charge in [-0.25, -0.2) is 4.79 Å². The molecule has 0 aliphatic carbocycles. The van der Waals surface area contributed by atoms with Crippen LogP contribution in [0.1, 0.15) is 16.9 Å². The van der Waals surface area contributed by atoms with Gasteiger partial charge in [0.25, 0.3) is 5.91 Å². The molecule has 1 aromatic rings. The van der Waals surface area contributed by atoms with E-state index in [0.29, 0.717) is 32.8 Å². The van der Waals surface area contributed by atoms with E-state index < -0.39 is 23.6 Å². The highest BCUT2D eigenvalue weighted by atomic mass is 16.7. The molecule has 0 spiro atoms. The summed E-state index contributed by atoms with van der Waals surface area (Å²) in [6.45, 7) is 1.90. The fourth-order valence-electron chi connectivity index (χ4n) is 3.02. The third kappa shape index (κ3) is 2.94. The Bertz CT molecular complexity index is 756. The highest BCUT2D eigenvalue weighted by molar-refractivity contribution is 5.97. The maximum atomic E-state index is 12.8. The molecule has 1 amide bonds. The summed E-state index contributed by atoms with van der Waals surface area (Å²) >= 11 is 0. The minimum Gasteiger partial charge on any atom is -0.428 e. The molecular weight excluding hydrogens is 334 g/mol. The number of morpholine rings is 1. The van der Waals surface area contributed by atoms with Gasteiger partial charge in [-0.1, -0.05) is 0 Å². The van der Waals surface area contributed by atoms with Crippen LogP contribution in [0, 0.1) is 0 Å². The van der Waals surface area contributed by atoms with Crippen LogP contribution in [0.3, 0.4) is 0 Å². The summed E-state index contributed by atoms with van der Waals surface area (Å²) in [7, 11) is 0. The number of carbonyl (C=O) groups is 2. The average Bonchev–Trinajstić information content (AvgIpc) is 3.10. The van der Waals surface area contributed by atoms with Crippen molar-refractivity contribution in [2.24, 2.45) is 0 Å². The molecule has 10 heteroatoms. The molecule has 1 aromatic heterocycles. The largest absolute Gasteiger partial charge is 0.514 e. The van der Waals surface area contributed by atoms with Gasteiger partial charge < -0.3 is 29.3 Å². The zero-order chi connectivity index (χ0) is 17.4. The van der Waals surface area contributed by atoms with Crippen molar-refractivity contribution >= 4 is 12.1 Å². The number of rotatable bonds is 2. The van der Waals surface area contributed by atoms with Crippen molar-refractivity contribution in [3.8, 4) is 5.75 Å². The quantitative estimate of drug-likeness (QED) is 0.711. The number of hydrogen-bond acceptors (Lipinski definition) is 8. The normalized spacial score (nSPS) is 25.0. The Morgan fingerprint density at radius 2 is 2.08 bits per heavy atom. The first-order valence-electron chi connectivity index (χ1n) is 8.00. The Hall–Kier alpha value is -2.59. The average molecular weight is 351 g/mol. The van der Waals surface area contributed by atoms with Gasteiger partial charge in [-0.3, -0.25) is 14.3 Å². The number of nitrogens with one attached hydrogen (secondary N) is 1. The summed E-state index contributed by atoms with van der Waals surface area (Å²) in [5.41, 5.74) is 2.44. The number of carbonyl (C=O) groups excluding carboxylic acids is 2. The van der Waals surface area contributed by atoms with Gasteiger partial charge in [-0.15, -0.1) is 0 Å². The molecule has 1 N–H and O–H groups in total. The van der Waals surface area contributed by atoms with Gasteiger partial charge in [-0.05, 0) is 0 Å². The van der Waals surface area contributed by atoms with Crippen LogP contribution in [-0.4, -0.2) is 66.9 Å². The lowest BCUT2D eigenvalue weighted by molar-refractivity contribution is -0.00335. The molecule has 3 aliphatic rings. The number of fused-ring (bicyclic) bond motifs is 2. The monoisotopic (exact) mass is 351 g/mol. The smallest absolute Gasteiger partial charge is 0.428 e. The van der Waals surface area contributed by atoms with E-state index in [1.807, 2.05) is 0 Å². The van der Waals surface area contributed by atoms with E-state index in [1.54, 1.807) is 4.90 Å². The predicted molar refractivity (Wildman–Crippen MR) is 82.0 cm³/mol. The van der Waals surface area contributed by atoms with Crippen LogP contribution in [-0.2, 0) is 14.2 Å². The van der Waals surface area contributed by atoms with Gasteiger partial charge >= 0.3 is 6.16 Å². The maximum Gasteiger partial charge on any atom is 0.514 e. The lowest BCUT2D eigenvalue weighted by Crippen LogP contribution is -2.59. The molecule has 10 nitrogen and oxygen atoms in total. The molecule has 0 saturated carbocycles. The van der Waals surface area contributed by atoms with Crippen LogP contribution in [0.2, 0.25) is 0 Å². The van der Waals surface area contributed by atoms with Crippen LogP contribution < -0.4 is 15.6 Å². The predicted octanol–water partition coefficient (Wildman–Crippen LogP) is -0.492. The van der Waals surface area contributed by atoms with Crippen molar-refractivity contribution in [3.63, 3.8) is 0 Å². The SMILES string of the molecule is O=C(Oc1c2n(ccc1=O)N[C@@H]1COCCN1C2=O)O[C@@H]1CCOC1.